The molecule has 5 rings (SSSR count). The molecule has 0 aromatic heterocycles. The largest absolute Gasteiger partial charge is 0.748 e. The fourth-order valence-electron chi connectivity index (χ4n) is 5.61. The standard InChI is InChI=1S/C32H34F3N3O4S/c1-3-36-26-17-16-25(32(33,34)35)22-27(26)38(19-8-9-20-43(39,40)41)30(36)13-10-14-31-37(4-2)28-21-24(15-18-29(28)42-31)23-11-6-5-7-12-23/h5-7,10-18,21-22,31H,3-4,8-9,19-20H2,1-2H3,(H,39,40,41)/b14-10-,30-13-. The fraction of sp³-hybridized carbons (Fsp3) is 0.312. The van der Waals surface area contributed by atoms with E-state index >= 15 is 0 Å². The van der Waals surface area contributed by atoms with Crippen LogP contribution in [0, 0.1) is 0 Å². The zero-order valence-electron chi connectivity index (χ0n) is 24.0. The van der Waals surface area contributed by atoms with E-state index < -0.39 is 27.6 Å². The molecule has 2 aliphatic rings. The molecule has 0 aliphatic carbocycles. The van der Waals surface area contributed by atoms with Crippen molar-refractivity contribution in [2.24, 2.45) is 0 Å². The van der Waals surface area contributed by atoms with Crippen LogP contribution in [0.15, 0.2) is 90.8 Å². The Balaban J connectivity index is 1.42. The minimum Gasteiger partial charge on any atom is -0.748 e. The van der Waals surface area contributed by atoms with Gasteiger partial charge in [0.2, 0.25) is 0 Å². The summed E-state index contributed by atoms with van der Waals surface area (Å²) in [5, 5.41) is 0. The number of aromatic hydroxyl groups is 1. The van der Waals surface area contributed by atoms with E-state index in [4.69, 9.17) is 4.74 Å². The first-order valence-corrected chi connectivity index (χ1v) is 15.8. The number of hydrogen-bond acceptors (Lipinski definition) is 6. The molecular formula is C32H34F3N3O4S. The van der Waals surface area contributed by atoms with Gasteiger partial charge >= 0.3 is 6.18 Å². The monoisotopic (exact) mass is 613 g/mol. The number of benzene rings is 3. The molecule has 0 amide bonds. The summed E-state index contributed by atoms with van der Waals surface area (Å²) < 4.78 is 79.0. The topological polar surface area (TPSA) is 79.7 Å². The highest BCUT2D eigenvalue weighted by atomic mass is 32.2. The maximum atomic E-state index is 13.6. The fourth-order valence-corrected chi connectivity index (χ4v) is 6.16. The number of nitrogens with zero attached hydrogens (tertiary/aromatic N) is 3. The van der Waals surface area contributed by atoms with Crippen LogP contribution >= 0.6 is 0 Å². The van der Waals surface area contributed by atoms with E-state index in [2.05, 4.69) is 36.1 Å². The summed E-state index contributed by atoms with van der Waals surface area (Å²) in [6.45, 7) is 5.46. The first kappa shape index (κ1) is 30.5. The lowest BCUT2D eigenvalue weighted by Gasteiger charge is -2.24. The van der Waals surface area contributed by atoms with Gasteiger partial charge in [0.15, 0.2) is 0 Å². The predicted molar refractivity (Wildman–Crippen MR) is 163 cm³/mol. The Hall–Kier alpha value is -3.96. The van der Waals surface area contributed by atoms with E-state index in [0.29, 0.717) is 30.2 Å². The van der Waals surface area contributed by atoms with Crippen molar-refractivity contribution in [1.82, 2.24) is 0 Å². The Bertz CT molecular complexity index is 1620. The first-order chi connectivity index (χ1) is 20.5. The summed E-state index contributed by atoms with van der Waals surface area (Å²) in [4.78, 5) is 5.88. The van der Waals surface area contributed by atoms with Crippen molar-refractivity contribution in [2.75, 3.05) is 40.1 Å². The molecule has 2 heterocycles. The summed E-state index contributed by atoms with van der Waals surface area (Å²) in [5.41, 5.74) is 3.51. The second-order valence-electron chi connectivity index (χ2n) is 10.4. The molecule has 7 nitrogen and oxygen atoms in total. The second kappa shape index (κ2) is 12.3. The molecular weight excluding hydrogens is 579 g/mol. The van der Waals surface area contributed by atoms with Crippen LogP contribution in [0.25, 0.3) is 11.1 Å². The highest BCUT2D eigenvalue weighted by Gasteiger charge is 2.36. The van der Waals surface area contributed by atoms with Gasteiger partial charge in [-0.25, -0.2) is 8.42 Å². The maximum absolute atomic E-state index is 13.6. The van der Waals surface area contributed by atoms with Crippen LogP contribution in [0.4, 0.5) is 30.2 Å². The molecule has 3 aromatic rings. The van der Waals surface area contributed by atoms with Crippen LogP contribution < -0.4 is 14.7 Å². The highest BCUT2D eigenvalue weighted by Crippen LogP contribution is 2.45. The molecule has 3 aromatic carbocycles. The summed E-state index contributed by atoms with van der Waals surface area (Å²) in [5.74, 6) is 1.04. The first-order valence-electron chi connectivity index (χ1n) is 14.3. The van der Waals surface area contributed by atoms with Crippen LogP contribution in [0.3, 0.4) is 0 Å². The summed E-state index contributed by atoms with van der Waals surface area (Å²) in [7, 11) is -4.38. The van der Waals surface area contributed by atoms with Gasteiger partial charge in [0.1, 0.15) is 11.5 Å². The number of fused-ring (bicyclic) bond motifs is 2. The number of alkyl halides is 3. The van der Waals surface area contributed by atoms with Crippen LogP contribution in [-0.4, -0.2) is 49.3 Å². The number of ether oxygens (including phenoxy) is 1. The zero-order chi connectivity index (χ0) is 30.8. The van der Waals surface area contributed by atoms with Crippen LogP contribution in [-0.2, 0) is 16.3 Å². The van der Waals surface area contributed by atoms with E-state index in [1.807, 2.05) is 54.3 Å². The van der Waals surface area contributed by atoms with E-state index in [1.54, 1.807) is 4.90 Å². The van der Waals surface area contributed by atoms with Crippen LogP contribution in [0.5, 0.6) is 5.75 Å². The molecule has 1 N–H and O–H groups in total. The van der Waals surface area contributed by atoms with Gasteiger partial charge in [-0.15, -0.1) is 0 Å². The number of halogens is 3. The van der Waals surface area contributed by atoms with Gasteiger partial charge in [-0.1, -0.05) is 36.4 Å². The lowest BCUT2D eigenvalue weighted by molar-refractivity contribution is -0.137. The Labute approximate surface area is 250 Å². The minimum absolute atomic E-state index is 0.113. The summed E-state index contributed by atoms with van der Waals surface area (Å²) in [6.07, 6.45) is 1.34. The van der Waals surface area contributed by atoms with Crippen LogP contribution in [0.1, 0.15) is 32.3 Å². The molecule has 43 heavy (non-hydrogen) atoms. The van der Waals surface area contributed by atoms with Gasteiger partial charge in [-0.3, -0.25) is 4.90 Å². The highest BCUT2D eigenvalue weighted by molar-refractivity contribution is 7.85. The van der Waals surface area contributed by atoms with Crippen molar-refractivity contribution in [3.63, 3.8) is 0 Å². The van der Waals surface area contributed by atoms with E-state index in [-0.39, 0.29) is 19.2 Å². The van der Waals surface area contributed by atoms with Gasteiger partial charge < -0.3 is 19.1 Å². The van der Waals surface area contributed by atoms with Crippen molar-refractivity contribution >= 4 is 27.2 Å². The quantitative estimate of drug-likeness (QED) is 0.141. The predicted octanol–water partition coefficient (Wildman–Crippen LogP) is 6.85. The smallest absolute Gasteiger partial charge is 0.416 e. The Kier molecular flexibility index (Phi) is 8.75. The number of hydrogen-bond donors (Lipinski definition) is 0. The molecule has 1 unspecified atom stereocenters. The Morgan fingerprint density at radius 2 is 1.65 bits per heavy atom. The average Bonchev–Trinajstić information content (AvgIpc) is 3.48. The Morgan fingerprint density at radius 3 is 2.33 bits per heavy atom. The number of likely N-dealkylation sites (N-methyl/N-ethyl adjacent to an activating group) is 1. The molecule has 0 radical (unpaired) electrons. The number of anilines is 3. The van der Waals surface area contributed by atoms with Crippen molar-refractivity contribution < 1.29 is 30.9 Å². The SMILES string of the molecule is CCN1/C(=C/C=C\C2[OH+]c3ccc(-c4ccccc4)cc3N2CC)N(CCCCS(=O)(=O)[O-])c2cc(C(F)(F)F)ccc21. The zero-order valence-corrected chi connectivity index (χ0v) is 24.8. The van der Waals surface area contributed by atoms with Crippen molar-refractivity contribution in [3.8, 4) is 16.9 Å². The van der Waals surface area contributed by atoms with Gasteiger partial charge in [0.05, 0.1) is 27.1 Å². The summed E-state index contributed by atoms with van der Waals surface area (Å²) in [6, 6.07) is 20.0. The number of allylic oxidation sites excluding steroid dienone is 2. The number of aliphatic hydroxyl groups is 1. The van der Waals surface area contributed by atoms with Crippen molar-refractivity contribution in [3.05, 3.63) is 96.3 Å². The van der Waals surface area contributed by atoms with E-state index in [9.17, 15) is 26.1 Å². The minimum atomic E-state index is -4.51. The second-order valence-corrected chi connectivity index (χ2v) is 11.9. The lowest BCUT2D eigenvalue weighted by Crippen LogP contribution is -2.31. The lowest BCUT2D eigenvalue weighted by atomic mass is 10.0. The number of unbranched alkanes of at least 4 members (excludes halogenated alkanes) is 1. The van der Waals surface area contributed by atoms with Crippen molar-refractivity contribution in [1.29, 1.82) is 0 Å². The average molecular weight is 614 g/mol. The molecule has 0 bridgehead atoms. The van der Waals surface area contributed by atoms with E-state index in [0.717, 1.165) is 41.2 Å². The van der Waals surface area contributed by atoms with Crippen LogP contribution in [0.2, 0.25) is 0 Å². The third kappa shape index (κ3) is 6.67. The molecule has 1 atom stereocenters. The Morgan fingerprint density at radius 1 is 0.884 bits per heavy atom. The van der Waals surface area contributed by atoms with Gasteiger partial charge in [0.25, 0.3) is 12.0 Å². The van der Waals surface area contributed by atoms with Gasteiger partial charge in [0, 0.05) is 37.5 Å². The van der Waals surface area contributed by atoms with E-state index in [1.165, 1.54) is 6.07 Å². The molecule has 11 heteroatoms. The molecule has 0 saturated carbocycles. The van der Waals surface area contributed by atoms with Gasteiger partial charge in [-0.2, -0.15) is 13.2 Å². The molecule has 0 fully saturated rings. The third-order valence-electron chi connectivity index (χ3n) is 7.63. The molecule has 2 aliphatic heterocycles. The molecule has 228 valence electrons. The summed E-state index contributed by atoms with van der Waals surface area (Å²) >= 11 is 0. The molecule has 0 spiro atoms. The maximum Gasteiger partial charge on any atom is 0.416 e. The molecule has 0 saturated heterocycles. The van der Waals surface area contributed by atoms with Crippen molar-refractivity contribution in [2.45, 2.75) is 39.1 Å². The van der Waals surface area contributed by atoms with Gasteiger partial charge in [-0.05, 0) is 74.2 Å². The normalized spacial score (nSPS) is 17.6. The third-order valence-corrected chi connectivity index (χ3v) is 8.42. The number of rotatable bonds is 10.